The second kappa shape index (κ2) is 5.77. The van der Waals surface area contributed by atoms with Crippen molar-refractivity contribution < 1.29 is 9.26 Å². The van der Waals surface area contributed by atoms with Crippen molar-refractivity contribution in [3.63, 3.8) is 0 Å². The zero-order valence-electron chi connectivity index (χ0n) is 12.1. The zero-order chi connectivity index (χ0) is 14.7. The van der Waals surface area contributed by atoms with E-state index in [0.29, 0.717) is 23.9 Å². The van der Waals surface area contributed by atoms with Crippen LogP contribution in [-0.2, 0) is 6.54 Å². The van der Waals surface area contributed by atoms with Crippen molar-refractivity contribution >= 4 is 11.5 Å². The number of nitrogens with zero attached hydrogens (tertiary/aromatic N) is 4. The van der Waals surface area contributed by atoms with Gasteiger partial charge in [0.25, 0.3) is 0 Å². The molecule has 2 aromatic rings. The summed E-state index contributed by atoms with van der Waals surface area (Å²) in [6.45, 7) is 6.23. The normalized spacial score (nSPS) is 10.8. The first kappa shape index (κ1) is 14.1. The van der Waals surface area contributed by atoms with Gasteiger partial charge in [0.15, 0.2) is 5.82 Å². The highest BCUT2D eigenvalue weighted by molar-refractivity contribution is 5.67. The maximum atomic E-state index is 6.06. The summed E-state index contributed by atoms with van der Waals surface area (Å²) >= 11 is 0. The fraction of sp³-hybridized carbons (Fsp3) is 0.462. The van der Waals surface area contributed by atoms with Crippen molar-refractivity contribution in [2.45, 2.75) is 33.4 Å². The van der Waals surface area contributed by atoms with Gasteiger partial charge in [-0.05, 0) is 20.8 Å². The van der Waals surface area contributed by atoms with Crippen LogP contribution in [0.5, 0.6) is 5.88 Å². The van der Waals surface area contributed by atoms with E-state index in [1.807, 2.05) is 38.8 Å². The average Bonchev–Trinajstić information content (AvgIpc) is 2.76. The molecular weight excluding hydrogens is 258 g/mol. The number of aryl methyl sites for hydroxylation is 1. The van der Waals surface area contributed by atoms with E-state index in [0.717, 1.165) is 11.5 Å². The van der Waals surface area contributed by atoms with Gasteiger partial charge in [-0.2, -0.15) is 4.98 Å². The Bertz CT molecular complexity index is 582. The fourth-order valence-corrected chi connectivity index (χ4v) is 1.80. The van der Waals surface area contributed by atoms with E-state index < -0.39 is 0 Å². The van der Waals surface area contributed by atoms with Gasteiger partial charge in [-0.15, -0.1) is 0 Å². The molecule has 0 radical (unpaired) electrons. The summed E-state index contributed by atoms with van der Waals surface area (Å²) in [4.78, 5) is 10.1. The minimum atomic E-state index is 0.00328. The molecule has 0 spiro atoms. The molecule has 0 bridgehead atoms. The Morgan fingerprint density at radius 3 is 2.75 bits per heavy atom. The topological polar surface area (TPSA) is 90.3 Å². The quantitative estimate of drug-likeness (QED) is 0.890. The third-order valence-corrected chi connectivity index (χ3v) is 2.61. The van der Waals surface area contributed by atoms with Crippen LogP contribution in [-0.4, -0.2) is 28.3 Å². The summed E-state index contributed by atoms with van der Waals surface area (Å²) in [7, 11) is 1.88. The molecule has 0 saturated heterocycles. The molecule has 2 rings (SSSR count). The number of nitrogens with two attached hydrogens (primary N) is 1. The molecular formula is C13H19N5O2. The van der Waals surface area contributed by atoms with E-state index >= 15 is 0 Å². The lowest BCUT2D eigenvalue weighted by atomic mass is 10.3. The number of hydrogen-bond donors (Lipinski definition) is 1. The summed E-state index contributed by atoms with van der Waals surface area (Å²) in [6, 6.07) is 1.87. The molecule has 2 N–H and O–H groups in total. The number of hydrogen-bond acceptors (Lipinski definition) is 7. The number of aromatic nitrogens is 3. The van der Waals surface area contributed by atoms with Crippen molar-refractivity contribution in [3.05, 3.63) is 23.8 Å². The van der Waals surface area contributed by atoms with Gasteiger partial charge < -0.3 is 19.9 Å². The van der Waals surface area contributed by atoms with Crippen molar-refractivity contribution in [1.82, 2.24) is 15.1 Å². The van der Waals surface area contributed by atoms with Crippen LogP contribution < -0.4 is 15.4 Å². The molecule has 7 nitrogen and oxygen atoms in total. The van der Waals surface area contributed by atoms with E-state index in [1.54, 1.807) is 0 Å². The molecule has 0 aromatic carbocycles. The standard InChI is InChI=1S/C13H19N5O2/c1-8(2)19-13-11(14)12(15-7-16-13)18(4)6-10-5-9(3)20-17-10/h5,7-8H,6,14H2,1-4H3. The average molecular weight is 277 g/mol. The highest BCUT2D eigenvalue weighted by Gasteiger charge is 2.15. The van der Waals surface area contributed by atoms with Crippen LogP contribution in [0, 0.1) is 6.92 Å². The monoisotopic (exact) mass is 277 g/mol. The third kappa shape index (κ3) is 3.17. The molecule has 0 amide bonds. The molecule has 20 heavy (non-hydrogen) atoms. The Kier molecular flexibility index (Phi) is 4.07. The Hall–Kier alpha value is -2.31. The van der Waals surface area contributed by atoms with Gasteiger partial charge in [0.2, 0.25) is 5.88 Å². The van der Waals surface area contributed by atoms with Crippen LogP contribution >= 0.6 is 0 Å². The third-order valence-electron chi connectivity index (χ3n) is 2.61. The Morgan fingerprint density at radius 1 is 1.40 bits per heavy atom. The zero-order valence-corrected chi connectivity index (χ0v) is 12.1. The first-order chi connectivity index (χ1) is 9.47. The minimum absolute atomic E-state index is 0.00328. The predicted octanol–water partition coefficient (Wildman–Crippen LogP) is 1.78. The second-order valence-electron chi connectivity index (χ2n) is 4.87. The summed E-state index contributed by atoms with van der Waals surface area (Å²) in [5, 5.41) is 3.95. The van der Waals surface area contributed by atoms with Gasteiger partial charge in [0.1, 0.15) is 23.5 Å². The van der Waals surface area contributed by atoms with Crippen molar-refractivity contribution in [3.8, 4) is 5.88 Å². The van der Waals surface area contributed by atoms with Gasteiger partial charge in [0, 0.05) is 13.1 Å². The lowest BCUT2D eigenvalue weighted by Gasteiger charge is -2.20. The van der Waals surface area contributed by atoms with Crippen molar-refractivity contribution in [2.75, 3.05) is 17.7 Å². The highest BCUT2D eigenvalue weighted by Crippen LogP contribution is 2.28. The van der Waals surface area contributed by atoms with Gasteiger partial charge in [-0.1, -0.05) is 5.16 Å². The smallest absolute Gasteiger partial charge is 0.242 e. The van der Waals surface area contributed by atoms with Gasteiger partial charge >= 0.3 is 0 Å². The van der Waals surface area contributed by atoms with Crippen molar-refractivity contribution in [2.24, 2.45) is 0 Å². The number of nitrogen functional groups attached to an aromatic ring is 1. The number of anilines is 2. The second-order valence-corrected chi connectivity index (χ2v) is 4.87. The van der Waals surface area contributed by atoms with Crippen LogP contribution in [0.15, 0.2) is 16.9 Å². The molecule has 2 aromatic heterocycles. The lowest BCUT2D eigenvalue weighted by Crippen LogP contribution is -2.20. The minimum Gasteiger partial charge on any atom is -0.473 e. The van der Waals surface area contributed by atoms with E-state index in [9.17, 15) is 0 Å². The Labute approximate surface area is 117 Å². The molecule has 0 aliphatic carbocycles. The Balaban J connectivity index is 2.19. The Morgan fingerprint density at radius 2 is 2.15 bits per heavy atom. The van der Waals surface area contributed by atoms with Crippen LogP contribution in [0.2, 0.25) is 0 Å². The molecule has 0 aliphatic rings. The molecule has 108 valence electrons. The predicted molar refractivity (Wildman–Crippen MR) is 75.6 cm³/mol. The number of rotatable bonds is 5. The molecule has 0 aliphatic heterocycles. The molecule has 2 heterocycles. The maximum absolute atomic E-state index is 6.06. The molecule has 0 saturated carbocycles. The van der Waals surface area contributed by atoms with Crippen LogP contribution in [0.3, 0.4) is 0 Å². The van der Waals surface area contributed by atoms with Crippen LogP contribution in [0.25, 0.3) is 0 Å². The summed E-state index contributed by atoms with van der Waals surface area (Å²) < 4.78 is 10.6. The summed E-state index contributed by atoms with van der Waals surface area (Å²) in [6.07, 6.45) is 1.44. The van der Waals surface area contributed by atoms with Gasteiger partial charge in [-0.25, -0.2) is 4.98 Å². The van der Waals surface area contributed by atoms with E-state index in [-0.39, 0.29) is 6.10 Å². The van der Waals surface area contributed by atoms with Gasteiger partial charge in [0.05, 0.1) is 12.6 Å². The molecule has 0 fully saturated rings. The lowest BCUT2D eigenvalue weighted by molar-refractivity contribution is 0.234. The highest BCUT2D eigenvalue weighted by atomic mass is 16.5. The van der Waals surface area contributed by atoms with Crippen molar-refractivity contribution in [1.29, 1.82) is 0 Å². The maximum Gasteiger partial charge on any atom is 0.242 e. The first-order valence-electron chi connectivity index (χ1n) is 6.38. The van der Waals surface area contributed by atoms with Crippen LogP contribution in [0.4, 0.5) is 11.5 Å². The first-order valence-corrected chi connectivity index (χ1v) is 6.38. The summed E-state index contributed by atoms with van der Waals surface area (Å²) in [5.41, 5.74) is 7.29. The van der Waals surface area contributed by atoms with E-state index in [1.165, 1.54) is 6.33 Å². The van der Waals surface area contributed by atoms with Crippen LogP contribution in [0.1, 0.15) is 25.3 Å². The van der Waals surface area contributed by atoms with Gasteiger partial charge in [-0.3, -0.25) is 0 Å². The molecule has 0 unspecified atom stereocenters. The molecule has 7 heteroatoms. The van der Waals surface area contributed by atoms with E-state index in [4.69, 9.17) is 15.0 Å². The molecule has 0 atom stereocenters. The number of ether oxygens (including phenoxy) is 1. The van der Waals surface area contributed by atoms with E-state index in [2.05, 4.69) is 15.1 Å². The SMILES string of the molecule is Cc1cc(CN(C)c2ncnc(OC(C)C)c2N)no1. The summed E-state index contributed by atoms with van der Waals surface area (Å²) in [5.74, 6) is 1.78. The largest absolute Gasteiger partial charge is 0.473 e. The fourth-order valence-electron chi connectivity index (χ4n) is 1.80.